The number of urea groups is 1. The first-order valence-corrected chi connectivity index (χ1v) is 9.52. The molecule has 1 N–H and O–H groups in total. The lowest BCUT2D eigenvalue weighted by Gasteiger charge is -2.34. The molecular weight excluding hydrogens is 330 g/mol. The zero-order valence-electron chi connectivity index (χ0n) is 15.3. The average molecular weight is 357 g/mol. The first-order valence-electron chi connectivity index (χ1n) is 9.52. The van der Waals surface area contributed by atoms with Gasteiger partial charge in [0.1, 0.15) is 0 Å². The molecule has 1 fully saturated rings. The predicted molar refractivity (Wildman–Crippen MR) is 97.5 cm³/mol. The number of fused-ring (bicyclic) bond motifs is 1. The molecule has 26 heavy (non-hydrogen) atoms. The molecule has 2 aromatic heterocycles. The molecule has 8 heteroatoms. The molecule has 1 saturated heterocycles. The Balaban J connectivity index is 1.40. The second kappa shape index (κ2) is 7.49. The Hall–Kier alpha value is -2.35. The van der Waals surface area contributed by atoms with Crippen LogP contribution in [-0.2, 0) is 19.6 Å². The molecule has 0 spiro atoms. The van der Waals surface area contributed by atoms with Crippen molar-refractivity contribution in [2.24, 2.45) is 0 Å². The predicted octanol–water partition coefficient (Wildman–Crippen LogP) is 1.46. The normalized spacial score (nSPS) is 20.3. The molecule has 4 heterocycles. The van der Waals surface area contributed by atoms with Crippen molar-refractivity contribution in [2.75, 3.05) is 26.2 Å². The van der Waals surface area contributed by atoms with E-state index in [1.54, 1.807) is 0 Å². The van der Waals surface area contributed by atoms with E-state index in [1.165, 1.54) is 11.3 Å². The van der Waals surface area contributed by atoms with Gasteiger partial charge in [0.05, 0.1) is 17.9 Å². The lowest BCUT2D eigenvalue weighted by Crippen LogP contribution is -2.45. The topological polar surface area (TPSA) is 71.2 Å². The Bertz CT molecular complexity index is 746. The highest BCUT2D eigenvalue weighted by Gasteiger charge is 2.27. The summed E-state index contributed by atoms with van der Waals surface area (Å²) in [5, 5.41) is 12.0. The van der Waals surface area contributed by atoms with Crippen molar-refractivity contribution >= 4 is 6.03 Å². The Morgan fingerprint density at radius 1 is 1.31 bits per heavy atom. The Morgan fingerprint density at radius 3 is 2.92 bits per heavy atom. The highest BCUT2D eigenvalue weighted by atomic mass is 16.2. The molecule has 0 aliphatic carbocycles. The van der Waals surface area contributed by atoms with E-state index in [4.69, 9.17) is 0 Å². The Labute approximate surface area is 153 Å². The summed E-state index contributed by atoms with van der Waals surface area (Å²) in [6.07, 6.45) is 8.12. The summed E-state index contributed by atoms with van der Waals surface area (Å²) in [6, 6.07) is 2.27. The molecule has 2 aliphatic rings. The minimum atomic E-state index is 0.0533. The maximum atomic E-state index is 12.3. The van der Waals surface area contributed by atoms with Gasteiger partial charge >= 0.3 is 6.03 Å². The Morgan fingerprint density at radius 2 is 2.15 bits per heavy atom. The van der Waals surface area contributed by atoms with Gasteiger partial charge in [-0.1, -0.05) is 0 Å². The van der Waals surface area contributed by atoms with Crippen molar-refractivity contribution in [2.45, 2.75) is 45.4 Å². The zero-order valence-corrected chi connectivity index (χ0v) is 15.3. The summed E-state index contributed by atoms with van der Waals surface area (Å²) in [5.74, 6) is 0. The fourth-order valence-corrected chi connectivity index (χ4v) is 3.89. The molecule has 0 aromatic carbocycles. The molecule has 1 atom stereocenters. The number of nitrogens with one attached hydrogen (secondary N) is 1. The number of likely N-dealkylation sites (tertiary alicyclic amines) is 1. The minimum Gasteiger partial charge on any atom is -0.336 e. The molecule has 2 aromatic rings. The lowest BCUT2D eigenvalue weighted by atomic mass is 10.1. The van der Waals surface area contributed by atoms with Gasteiger partial charge in [0.25, 0.3) is 0 Å². The first kappa shape index (κ1) is 17.1. The van der Waals surface area contributed by atoms with E-state index in [-0.39, 0.29) is 12.1 Å². The fraction of sp³-hybridized carbons (Fsp3) is 0.611. The van der Waals surface area contributed by atoms with Crippen LogP contribution in [-0.4, -0.2) is 61.6 Å². The number of hydrogen-bond acceptors (Lipinski definition) is 4. The van der Waals surface area contributed by atoms with Gasteiger partial charge in [-0.2, -0.15) is 10.2 Å². The molecule has 2 aliphatic heterocycles. The van der Waals surface area contributed by atoms with E-state index in [0.717, 1.165) is 52.1 Å². The number of nitrogens with zero attached hydrogens (tertiary/aromatic N) is 6. The molecule has 0 unspecified atom stereocenters. The van der Waals surface area contributed by atoms with Gasteiger partial charge < -0.3 is 10.2 Å². The van der Waals surface area contributed by atoms with Crippen LogP contribution in [0.4, 0.5) is 4.79 Å². The van der Waals surface area contributed by atoms with Gasteiger partial charge in [-0.25, -0.2) is 4.79 Å². The van der Waals surface area contributed by atoms with Crippen molar-refractivity contribution in [1.29, 1.82) is 0 Å². The molecule has 4 rings (SSSR count). The summed E-state index contributed by atoms with van der Waals surface area (Å²) >= 11 is 0. The second-order valence-corrected chi connectivity index (χ2v) is 7.18. The number of rotatable bonds is 5. The van der Waals surface area contributed by atoms with Crippen LogP contribution in [0.25, 0.3) is 0 Å². The molecular formula is C18H27N7O. The van der Waals surface area contributed by atoms with E-state index >= 15 is 0 Å². The van der Waals surface area contributed by atoms with Gasteiger partial charge in [-0.3, -0.25) is 14.3 Å². The number of carbonyl (C=O) groups is 1. The standard InChI is InChI=1S/C18H27N7O/c1-2-24-12-15(9-21-24)11-22-13-16-5-6-20-25(16)17(14-22)10-19-18(26)23-7-3-4-8-23/h5-6,9,12,17H,2-4,7-8,10-11,13-14H2,1H3,(H,19,26)/t17-/m0/s1. The summed E-state index contributed by atoms with van der Waals surface area (Å²) in [5.41, 5.74) is 2.42. The monoisotopic (exact) mass is 357 g/mol. The number of aryl methyl sites for hydroxylation is 1. The maximum absolute atomic E-state index is 12.3. The fourth-order valence-electron chi connectivity index (χ4n) is 3.89. The molecule has 8 nitrogen and oxygen atoms in total. The van der Waals surface area contributed by atoms with Crippen LogP contribution < -0.4 is 5.32 Å². The van der Waals surface area contributed by atoms with Crippen molar-refractivity contribution in [1.82, 2.24) is 34.7 Å². The second-order valence-electron chi connectivity index (χ2n) is 7.18. The van der Waals surface area contributed by atoms with E-state index < -0.39 is 0 Å². The smallest absolute Gasteiger partial charge is 0.317 e. The third-order valence-electron chi connectivity index (χ3n) is 5.25. The first-order chi connectivity index (χ1) is 12.7. The molecule has 0 saturated carbocycles. The highest BCUT2D eigenvalue weighted by Crippen LogP contribution is 2.21. The van der Waals surface area contributed by atoms with Crippen LogP contribution in [0.3, 0.4) is 0 Å². The van der Waals surface area contributed by atoms with Crippen molar-refractivity contribution in [3.05, 3.63) is 35.9 Å². The summed E-state index contributed by atoms with van der Waals surface area (Å²) < 4.78 is 4.02. The Kier molecular flexibility index (Phi) is 4.92. The lowest BCUT2D eigenvalue weighted by molar-refractivity contribution is 0.161. The summed E-state index contributed by atoms with van der Waals surface area (Å²) in [4.78, 5) is 16.6. The quantitative estimate of drug-likeness (QED) is 0.879. The molecule has 0 bridgehead atoms. The average Bonchev–Trinajstić information content (AvgIpc) is 3.39. The third kappa shape index (κ3) is 3.60. The summed E-state index contributed by atoms with van der Waals surface area (Å²) in [6.45, 7) is 7.93. The number of hydrogen-bond donors (Lipinski definition) is 1. The van der Waals surface area contributed by atoms with Gasteiger partial charge in [-0.15, -0.1) is 0 Å². The van der Waals surface area contributed by atoms with E-state index in [1.807, 2.05) is 22.0 Å². The number of aromatic nitrogens is 4. The van der Waals surface area contributed by atoms with E-state index in [2.05, 4.69) is 44.3 Å². The number of carbonyl (C=O) groups excluding carboxylic acids is 1. The van der Waals surface area contributed by atoms with E-state index in [0.29, 0.717) is 6.54 Å². The number of amides is 2. The molecule has 140 valence electrons. The van der Waals surface area contributed by atoms with Gasteiger partial charge in [0, 0.05) is 63.8 Å². The van der Waals surface area contributed by atoms with Crippen LogP contribution in [0, 0.1) is 0 Å². The van der Waals surface area contributed by atoms with Crippen LogP contribution in [0.15, 0.2) is 24.7 Å². The third-order valence-corrected chi connectivity index (χ3v) is 5.25. The van der Waals surface area contributed by atoms with Gasteiger partial charge in [-0.05, 0) is 25.8 Å². The van der Waals surface area contributed by atoms with Crippen molar-refractivity contribution < 1.29 is 4.79 Å². The van der Waals surface area contributed by atoms with Gasteiger partial charge in [0.2, 0.25) is 0 Å². The SMILES string of the molecule is CCn1cc(CN2Cc3ccnn3[C@@H](CNC(=O)N3CCCC3)C2)cn1. The summed E-state index contributed by atoms with van der Waals surface area (Å²) in [7, 11) is 0. The molecule has 0 radical (unpaired) electrons. The maximum Gasteiger partial charge on any atom is 0.317 e. The van der Waals surface area contributed by atoms with Crippen molar-refractivity contribution in [3.63, 3.8) is 0 Å². The van der Waals surface area contributed by atoms with Crippen LogP contribution in [0.2, 0.25) is 0 Å². The highest BCUT2D eigenvalue weighted by molar-refractivity contribution is 5.74. The zero-order chi connectivity index (χ0) is 17.9. The van der Waals surface area contributed by atoms with Crippen molar-refractivity contribution in [3.8, 4) is 0 Å². The van der Waals surface area contributed by atoms with Crippen LogP contribution in [0.1, 0.15) is 37.1 Å². The minimum absolute atomic E-state index is 0.0533. The van der Waals surface area contributed by atoms with Crippen LogP contribution >= 0.6 is 0 Å². The molecule has 2 amide bonds. The largest absolute Gasteiger partial charge is 0.336 e. The van der Waals surface area contributed by atoms with Crippen LogP contribution in [0.5, 0.6) is 0 Å². The van der Waals surface area contributed by atoms with Gasteiger partial charge in [0.15, 0.2) is 0 Å². The van der Waals surface area contributed by atoms with E-state index in [9.17, 15) is 4.79 Å².